The predicted molar refractivity (Wildman–Crippen MR) is 102 cm³/mol. The Morgan fingerprint density at radius 1 is 1.38 bits per heavy atom. The van der Waals surface area contributed by atoms with E-state index in [4.69, 9.17) is 10.8 Å². The van der Waals surface area contributed by atoms with Gasteiger partial charge in [-0.3, -0.25) is 4.98 Å². The second-order valence-electron chi connectivity index (χ2n) is 6.37. The number of fused-ring (bicyclic) bond motifs is 1. The van der Waals surface area contributed by atoms with Crippen LogP contribution in [-0.2, 0) is 0 Å². The maximum absolute atomic E-state index is 13.7. The molecule has 0 unspecified atom stereocenters. The quantitative estimate of drug-likeness (QED) is 0.725. The molecule has 2 aromatic heterocycles. The van der Waals surface area contributed by atoms with Gasteiger partial charge in [-0.1, -0.05) is 0 Å². The van der Waals surface area contributed by atoms with Gasteiger partial charge in [-0.2, -0.15) is 16.9 Å². The number of thioether (sulfide) groups is 1. The van der Waals surface area contributed by atoms with Crippen molar-refractivity contribution in [2.45, 2.75) is 19.4 Å². The number of carbonyl (C=O) groups is 1. The fourth-order valence-corrected chi connectivity index (χ4v) is 3.00. The largest absolute Gasteiger partial charge is 0.478 e. The van der Waals surface area contributed by atoms with Crippen LogP contribution in [0.3, 0.4) is 0 Å². The third-order valence-corrected chi connectivity index (χ3v) is 4.32. The molecular weight excluding hydrogens is 355 g/mol. The van der Waals surface area contributed by atoms with Crippen molar-refractivity contribution in [1.29, 1.82) is 0 Å². The number of aromatic carboxylic acids is 1. The molecule has 0 fully saturated rings. The number of carboxylic acids is 1. The molecule has 6 nitrogen and oxygen atoms in total. The molecule has 0 aliphatic carbocycles. The van der Waals surface area contributed by atoms with Crippen LogP contribution in [-0.4, -0.2) is 43.4 Å². The van der Waals surface area contributed by atoms with Crippen molar-refractivity contribution in [3.8, 4) is 5.69 Å². The van der Waals surface area contributed by atoms with E-state index in [1.165, 1.54) is 16.9 Å². The molecule has 2 heterocycles. The van der Waals surface area contributed by atoms with Crippen molar-refractivity contribution in [3.63, 3.8) is 0 Å². The van der Waals surface area contributed by atoms with Gasteiger partial charge in [0.25, 0.3) is 0 Å². The van der Waals surface area contributed by atoms with Crippen LogP contribution >= 0.6 is 11.8 Å². The number of carboxylic acid groups (broad SMARTS) is 1. The van der Waals surface area contributed by atoms with Gasteiger partial charge in [0.05, 0.1) is 17.4 Å². The number of hydrogen-bond acceptors (Lipinski definition) is 5. The molecule has 0 aliphatic rings. The third-order valence-electron chi connectivity index (χ3n) is 3.28. The molecule has 0 spiro atoms. The summed E-state index contributed by atoms with van der Waals surface area (Å²) < 4.78 is 15.1. The molecule has 0 bridgehead atoms. The number of halogens is 1. The highest BCUT2D eigenvalue weighted by atomic mass is 32.2. The molecule has 1 aromatic carbocycles. The van der Waals surface area contributed by atoms with Crippen LogP contribution in [0.1, 0.15) is 24.2 Å². The average molecular weight is 376 g/mol. The highest BCUT2D eigenvalue weighted by Gasteiger charge is 2.15. The van der Waals surface area contributed by atoms with Crippen molar-refractivity contribution >= 4 is 28.6 Å². The SMILES string of the molecule is CSCC(C)(C)N.O=C(O)c1ccc(F)c2nn(-c3cccnc3)cc12. The minimum atomic E-state index is -1.12. The average Bonchev–Trinajstić information content (AvgIpc) is 3.01. The second kappa shape index (κ2) is 8.29. The van der Waals surface area contributed by atoms with Gasteiger partial charge in [0.2, 0.25) is 0 Å². The first-order valence-corrected chi connectivity index (χ1v) is 9.21. The first-order valence-electron chi connectivity index (χ1n) is 7.82. The lowest BCUT2D eigenvalue weighted by Gasteiger charge is -2.15. The summed E-state index contributed by atoms with van der Waals surface area (Å²) in [6.07, 6.45) is 6.72. The summed E-state index contributed by atoms with van der Waals surface area (Å²) in [5.74, 6) is -0.633. The van der Waals surface area contributed by atoms with E-state index >= 15 is 0 Å². The van der Waals surface area contributed by atoms with Crippen molar-refractivity contribution in [2.24, 2.45) is 5.73 Å². The Labute approximate surface area is 155 Å². The van der Waals surface area contributed by atoms with E-state index in [9.17, 15) is 9.18 Å². The summed E-state index contributed by atoms with van der Waals surface area (Å²) in [5.41, 5.74) is 6.32. The Kier molecular flexibility index (Phi) is 6.33. The molecule has 3 rings (SSSR count). The summed E-state index contributed by atoms with van der Waals surface area (Å²) in [6, 6.07) is 5.80. The van der Waals surface area contributed by atoms with Crippen molar-refractivity contribution < 1.29 is 14.3 Å². The Morgan fingerprint density at radius 3 is 2.62 bits per heavy atom. The fraction of sp³-hybridized carbons (Fsp3) is 0.278. The van der Waals surface area contributed by atoms with Gasteiger partial charge < -0.3 is 10.8 Å². The number of nitrogens with zero attached hydrogens (tertiary/aromatic N) is 3. The first kappa shape index (κ1) is 19.9. The summed E-state index contributed by atoms with van der Waals surface area (Å²) in [4.78, 5) is 15.0. The normalized spacial score (nSPS) is 11.1. The standard InChI is InChI=1S/C13H8FN3O2.C5H13NS/c14-11-4-3-9(13(18)19)10-7-17(16-12(10)11)8-2-1-5-15-6-8;1-5(2,6)4-7-3/h1-7H,(H,18,19);4,6H2,1-3H3. The lowest BCUT2D eigenvalue weighted by molar-refractivity contribution is 0.0699. The van der Waals surface area contributed by atoms with E-state index < -0.39 is 11.8 Å². The fourth-order valence-electron chi connectivity index (χ4n) is 2.25. The minimum Gasteiger partial charge on any atom is -0.478 e. The van der Waals surface area contributed by atoms with Crippen LogP contribution in [0.15, 0.2) is 42.9 Å². The lowest BCUT2D eigenvalue weighted by atomic mass is 10.1. The number of hydrogen-bond donors (Lipinski definition) is 2. The smallest absolute Gasteiger partial charge is 0.336 e. The van der Waals surface area contributed by atoms with Gasteiger partial charge in [-0.25, -0.2) is 13.9 Å². The molecule has 8 heteroatoms. The molecule has 0 saturated carbocycles. The van der Waals surface area contributed by atoms with E-state index in [1.807, 2.05) is 13.8 Å². The molecule has 26 heavy (non-hydrogen) atoms. The van der Waals surface area contributed by atoms with Crippen molar-refractivity contribution in [3.05, 3.63) is 54.2 Å². The van der Waals surface area contributed by atoms with Crippen molar-refractivity contribution in [1.82, 2.24) is 14.8 Å². The third kappa shape index (κ3) is 5.03. The zero-order valence-corrected chi connectivity index (χ0v) is 15.6. The Morgan fingerprint density at radius 2 is 2.12 bits per heavy atom. The molecule has 3 N–H and O–H groups in total. The van der Waals surface area contributed by atoms with E-state index in [0.29, 0.717) is 5.69 Å². The topological polar surface area (TPSA) is 94.0 Å². The molecule has 0 saturated heterocycles. The van der Waals surface area contributed by atoms with Gasteiger partial charge >= 0.3 is 5.97 Å². The van der Waals surface area contributed by atoms with Crippen LogP contribution in [0.4, 0.5) is 4.39 Å². The van der Waals surface area contributed by atoms with Crippen LogP contribution < -0.4 is 5.73 Å². The van der Waals surface area contributed by atoms with Gasteiger partial charge in [-0.05, 0) is 44.4 Å². The summed E-state index contributed by atoms with van der Waals surface area (Å²) in [6.45, 7) is 4.06. The molecule has 3 aromatic rings. The predicted octanol–water partition coefficient (Wildman–Crippen LogP) is 3.34. The van der Waals surface area contributed by atoms with Gasteiger partial charge in [0.1, 0.15) is 5.52 Å². The Hall–Kier alpha value is -2.45. The van der Waals surface area contributed by atoms with E-state index in [-0.39, 0.29) is 22.0 Å². The summed E-state index contributed by atoms with van der Waals surface area (Å²) in [7, 11) is 0. The van der Waals surface area contributed by atoms with Crippen LogP contribution in [0, 0.1) is 5.82 Å². The lowest BCUT2D eigenvalue weighted by Crippen LogP contribution is -2.34. The minimum absolute atomic E-state index is 0.0133. The highest BCUT2D eigenvalue weighted by Crippen LogP contribution is 2.22. The number of aromatic nitrogens is 3. The number of nitrogens with two attached hydrogens (primary N) is 1. The van der Waals surface area contributed by atoms with E-state index in [0.717, 1.165) is 11.8 Å². The number of rotatable bonds is 4. The van der Waals surface area contributed by atoms with Crippen LogP contribution in [0.5, 0.6) is 0 Å². The van der Waals surface area contributed by atoms with E-state index in [2.05, 4.69) is 16.3 Å². The van der Waals surface area contributed by atoms with E-state index in [1.54, 1.807) is 36.3 Å². The van der Waals surface area contributed by atoms with Crippen LogP contribution in [0.2, 0.25) is 0 Å². The monoisotopic (exact) mass is 376 g/mol. The summed E-state index contributed by atoms with van der Waals surface area (Å²) in [5, 5.41) is 13.4. The zero-order valence-electron chi connectivity index (χ0n) is 14.8. The zero-order chi connectivity index (χ0) is 19.3. The molecule has 0 amide bonds. The molecule has 0 atom stereocenters. The first-order chi connectivity index (χ1) is 12.2. The Bertz CT molecular complexity index is 891. The number of benzene rings is 1. The number of pyridine rings is 1. The second-order valence-corrected chi connectivity index (χ2v) is 7.23. The molecule has 0 radical (unpaired) electrons. The molecule has 0 aliphatic heterocycles. The molecular formula is C18H21FN4O2S. The van der Waals surface area contributed by atoms with Gasteiger partial charge in [0.15, 0.2) is 5.82 Å². The molecule has 138 valence electrons. The van der Waals surface area contributed by atoms with Crippen molar-refractivity contribution in [2.75, 3.05) is 12.0 Å². The maximum atomic E-state index is 13.7. The van der Waals surface area contributed by atoms with Gasteiger partial charge in [0, 0.05) is 29.1 Å². The maximum Gasteiger partial charge on any atom is 0.336 e. The van der Waals surface area contributed by atoms with Crippen LogP contribution in [0.25, 0.3) is 16.6 Å². The summed E-state index contributed by atoms with van der Waals surface area (Å²) >= 11 is 1.78. The highest BCUT2D eigenvalue weighted by molar-refractivity contribution is 7.98. The van der Waals surface area contributed by atoms with Gasteiger partial charge in [-0.15, -0.1) is 0 Å². The Balaban J connectivity index is 0.000000298.